The van der Waals surface area contributed by atoms with Gasteiger partial charge in [-0.1, -0.05) is 60.7 Å². The van der Waals surface area contributed by atoms with Crippen molar-refractivity contribution in [1.29, 1.82) is 0 Å². The molecule has 0 spiro atoms. The van der Waals surface area contributed by atoms with Gasteiger partial charge in [0.25, 0.3) is 0 Å². The number of aryl methyl sites for hydroxylation is 1. The van der Waals surface area contributed by atoms with Gasteiger partial charge in [-0.3, -0.25) is 14.4 Å². The lowest BCUT2D eigenvalue weighted by atomic mass is 9.66. The van der Waals surface area contributed by atoms with Crippen LogP contribution in [0.1, 0.15) is 51.6 Å². The highest BCUT2D eigenvalue weighted by Crippen LogP contribution is 2.39. The van der Waals surface area contributed by atoms with Crippen LogP contribution in [0.25, 0.3) is 6.08 Å². The summed E-state index contributed by atoms with van der Waals surface area (Å²) in [7, 11) is 0. The van der Waals surface area contributed by atoms with E-state index in [0.29, 0.717) is 24.0 Å². The van der Waals surface area contributed by atoms with E-state index in [1.54, 1.807) is 12.1 Å². The minimum absolute atomic E-state index is 0.0668. The zero-order chi connectivity index (χ0) is 17.9. The number of allylic oxidation sites excluding steroid dienone is 1. The number of carbonyl (C=O) groups excluding carboxylic acids is 3. The number of benzene rings is 2. The van der Waals surface area contributed by atoms with Crippen molar-refractivity contribution < 1.29 is 14.4 Å². The fraction of sp³-hybridized carbons (Fsp3) is 0.227. The largest absolute Gasteiger partial charge is 0.299 e. The van der Waals surface area contributed by atoms with E-state index >= 15 is 0 Å². The third-order valence-corrected chi connectivity index (χ3v) is 5.04. The van der Waals surface area contributed by atoms with Crippen molar-refractivity contribution in [3.05, 3.63) is 76.9 Å². The van der Waals surface area contributed by atoms with Crippen LogP contribution in [0.5, 0.6) is 0 Å². The molecule has 0 radical (unpaired) electrons. The molecule has 3 nitrogen and oxygen atoms in total. The molecule has 0 saturated carbocycles. The van der Waals surface area contributed by atoms with Crippen molar-refractivity contribution in [2.75, 3.05) is 0 Å². The lowest BCUT2D eigenvalue weighted by molar-refractivity contribution is -0.124. The highest BCUT2D eigenvalue weighted by atomic mass is 16.2. The first-order valence-electron chi connectivity index (χ1n) is 8.42. The van der Waals surface area contributed by atoms with Crippen LogP contribution < -0.4 is 0 Å². The highest BCUT2D eigenvalue weighted by molar-refractivity contribution is 6.15. The van der Waals surface area contributed by atoms with Gasteiger partial charge < -0.3 is 0 Å². The topological polar surface area (TPSA) is 51.2 Å². The molecule has 2 aromatic rings. The van der Waals surface area contributed by atoms with Gasteiger partial charge in [0.2, 0.25) is 0 Å². The summed E-state index contributed by atoms with van der Waals surface area (Å²) in [5.41, 5.74) is 2.29. The molecule has 0 fully saturated rings. The summed E-state index contributed by atoms with van der Waals surface area (Å²) in [6.45, 7) is 1.51. The minimum atomic E-state index is -0.965. The van der Waals surface area contributed by atoms with Crippen LogP contribution in [0.3, 0.4) is 0 Å². The second-order valence-corrected chi connectivity index (χ2v) is 6.52. The number of hydrogen-bond acceptors (Lipinski definition) is 3. The first-order chi connectivity index (χ1) is 12.1. The molecular weight excluding hydrogens is 312 g/mol. The molecule has 0 aromatic heterocycles. The molecule has 0 unspecified atom stereocenters. The Morgan fingerprint density at radius 1 is 1.08 bits per heavy atom. The zero-order valence-corrected chi connectivity index (χ0v) is 14.2. The SMILES string of the molecule is CC(=O)[C@@]1(C/C=C/c2ccc(C=O)cc2)CCc2ccccc2C1=O. The van der Waals surface area contributed by atoms with Crippen molar-refractivity contribution in [2.45, 2.75) is 26.2 Å². The summed E-state index contributed by atoms with van der Waals surface area (Å²) in [6, 6.07) is 14.7. The predicted octanol–water partition coefficient (Wildman–Crippen LogP) is 4.31. The van der Waals surface area contributed by atoms with Crippen LogP contribution in [0.4, 0.5) is 0 Å². The first-order valence-corrected chi connectivity index (χ1v) is 8.42. The highest BCUT2D eigenvalue weighted by Gasteiger charge is 2.45. The van der Waals surface area contributed by atoms with Crippen LogP contribution in [-0.2, 0) is 11.2 Å². The van der Waals surface area contributed by atoms with Crippen molar-refractivity contribution >= 4 is 23.9 Å². The molecule has 2 aromatic carbocycles. The Balaban J connectivity index is 1.84. The fourth-order valence-electron chi connectivity index (χ4n) is 3.44. The molecule has 0 amide bonds. The summed E-state index contributed by atoms with van der Waals surface area (Å²) in [4.78, 5) is 36.1. The number of carbonyl (C=O) groups is 3. The lowest BCUT2D eigenvalue weighted by Crippen LogP contribution is -2.41. The minimum Gasteiger partial charge on any atom is -0.299 e. The van der Waals surface area contributed by atoms with Crippen molar-refractivity contribution in [3.63, 3.8) is 0 Å². The van der Waals surface area contributed by atoms with Gasteiger partial charge in [0, 0.05) is 11.1 Å². The Morgan fingerprint density at radius 2 is 1.76 bits per heavy atom. The van der Waals surface area contributed by atoms with Crippen LogP contribution in [-0.4, -0.2) is 17.9 Å². The maximum Gasteiger partial charge on any atom is 0.176 e. The van der Waals surface area contributed by atoms with E-state index in [0.717, 1.165) is 23.8 Å². The molecule has 1 aliphatic carbocycles. The van der Waals surface area contributed by atoms with Crippen LogP contribution >= 0.6 is 0 Å². The average molecular weight is 332 g/mol. The van der Waals surface area contributed by atoms with Crippen LogP contribution in [0.2, 0.25) is 0 Å². The Labute approximate surface area is 147 Å². The number of rotatable bonds is 5. The maximum atomic E-state index is 13.0. The molecule has 0 saturated heterocycles. The summed E-state index contributed by atoms with van der Waals surface area (Å²) < 4.78 is 0. The normalized spacial score (nSPS) is 19.6. The molecule has 1 aliphatic rings. The zero-order valence-electron chi connectivity index (χ0n) is 14.2. The smallest absolute Gasteiger partial charge is 0.176 e. The van der Waals surface area contributed by atoms with Crippen molar-refractivity contribution in [3.8, 4) is 0 Å². The van der Waals surface area contributed by atoms with Crippen molar-refractivity contribution in [2.24, 2.45) is 5.41 Å². The van der Waals surface area contributed by atoms with Gasteiger partial charge >= 0.3 is 0 Å². The number of hydrogen-bond donors (Lipinski definition) is 0. The number of Topliss-reactive ketones (excluding diaryl/α,β-unsaturated/α-hetero) is 2. The van der Waals surface area contributed by atoms with Gasteiger partial charge in [-0.25, -0.2) is 0 Å². The Bertz CT molecular complexity index is 846. The van der Waals surface area contributed by atoms with Gasteiger partial charge in [-0.2, -0.15) is 0 Å². The molecule has 3 rings (SSSR count). The van der Waals surface area contributed by atoms with Crippen LogP contribution in [0, 0.1) is 5.41 Å². The molecule has 0 aliphatic heterocycles. The van der Waals surface area contributed by atoms with E-state index in [9.17, 15) is 14.4 Å². The molecule has 0 N–H and O–H groups in total. The third-order valence-electron chi connectivity index (χ3n) is 5.04. The quantitative estimate of drug-likeness (QED) is 0.606. The molecule has 126 valence electrons. The van der Waals surface area contributed by atoms with Crippen LogP contribution in [0.15, 0.2) is 54.6 Å². The van der Waals surface area contributed by atoms with Gasteiger partial charge in [0.1, 0.15) is 12.1 Å². The summed E-state index contributed by atoms with van der Waals surface area (Å²) in [5, 5.41) is 0. The van der Waals surface area contributed by atoms with Gasteiger partial charge in [0.05, 0.1) is 5.41 Å². The Kier molecular flexibility index (Phi) is 4.75. The third kappa shape index (κ3) is 3.22. The van der Waals surface area contributed by atoms with E-state index in [-0.39, 0.29) is 11.6 Å². The molecule has 25 heavy (non-hydrogen) atoms. The molecule has 0 bridgehead atoms. The summed E-state index contributed by atoms with van der Waals surface area (Å²) in [6.07, 6.45) is 6.27. The summed E-state index contributed by atoms with van der Waals surface area (Å²) >= 11 is 0. The van der Waals surface area contributed by atoms with E-state index in [1.165, 1.54) is 6.92 Å². The van der Waals surface area contributed by atoms with E-state index in [4.69, 9.17) is 0 Å². The molecule has 3 heteroatoms. The molecular formula is C22H20O3. The second kappa shape index (κ2) is 6.98. The Hall–Kier alpha value is -2.81. The number of ketones is 2. The van der Waals surface area contributed by atoms with E-state index in [1.807, 2.05) is 48.6 Å². The summed E-state index contributed by atoms with van der Waals surface area (Å²) in [5.74, 6) is -0.143. The maximum absolute atomic E-state index is 13.0. The number of fused-ring (bicyclic) bond motifs is 1. The first kappa shape index (κ1) is 17.0. The average Bonchev–Trinajstić information content (AvgIpc) is 2.64. The standard InChI is InChI=1S/C22H20O3/c1-16(24)22(13-4-5-17-8-10-18(15-23)11-9-17)14-12-19-6-2-3-7-20(19)21(22)25/h2-11,15H,12-14H2,1H3/b5-4+/t22-/m1/s1. The Morgan fingerprint density at radius 3 is 2.44 bits per heavy atom. The monoisotopic (exact) mass is 332 g/mol. The van der Waals surface area contributed by atoms with Crippen molar-refractivity contribution in [1.82, 2.24) is 0 Å². The molecule has 1 atom stereocenters. The van der Waals surface area contributed by atoms with Gasteiger partial charge in [-0.05, 0) is 37.3 Å². The second-order valence-electron chi connectivity index (χ2n) is 6.52. The lowest BCUT2D eigenvalue weighted by Gasteiger charge is -2.33. The molecule has 0 heterocycles. The van der Waals surface area contributed by atoms with E-state index < -0.39 is 5.41 Å². The fourth-order valence-corrected chi connectivity index (χ4v) is 3.44. The predicted molar refractivity (Wildman–Crippen MR) is 97.7 cm³/mol. The van der Waals surface area contributed by atoms with Gasteiger partial charge in [-0.15, -0.1) is 0 Å². The van der Waals surface area contributed by atoms with Gasteiger partial charge in [0.15, 0.2) is 5.78 Å². The number of aldehydes is 1. The van der Waals surface area contributed by atoms with E-state index in [2.05, 4.69) is 0 Å².